The van der Waals surface area contributed by atoms with Gasteiger partial charge in [0.1, 0.15) is 0 Å². The van der Waals surface area contributed by atoms with Gasteiger partial charge in [-0.2, -0.15) is 0 Å². The molecule has 0 spiro atoms. The molecule has 1 aromatic carbocycles. The van der Waals surface area contributed by atoms with E-state index in [1.807, 2.05) is 0 Å². The third-order valence-electron chi connectivity index (χ3n) is 3.77. The van der Waals surface area contributed by atoms with Crippen LogP contribution in [0.3, 0.4) is 0 Å². The summed E-state index contributed by atoms with van der Waals surface area (Å²) in [5.74, 6) is 0. The van der Waals surface area contributed by atoms with Crippen molar-refractivity contribution >= 4 is 16.6 Å². The van der Waals surface area contributed by atoms with Crippen LogP contribution in [0.2, 0.25) is 0 Å². The lowest BCUT2D eigenvalue weighted by Gasteiger charge is -2.27. The highest BCUT2D eigenvalue weighted by Crippen LogP contribution is 2.22. The van der Waals surface area contributed by atoms with Crippen molar-refractivity contribution in [3.8, 4) is 0 Å². The van der Waals surface area contributed by atoms with Gasteiger partial charge in [-0.05, 0) is 19.0 Å². The Morgan fingerprint density at radius 3 is 2.89 bits per heavy atom. The number of aromatic nitrogens is 1. The monoisotopic (exact) mass is 258 g/mol. The third-order valence-corrected chi connectivity index (χ3v) is 3.77. The maximum absolute atomic E-state index is 3.53. The van der Waals surface area contributed by atoms with Crippen LogP contribution >= 0.6 is 0 Å². The first kappa shape index (κ1) is 12.5. The molecule has 0 atom stereocenters. The smallest absolute Gasteiger partial charge is 0.0597 e. The van der Waals surface area contributed by atoms with Gasteiger partial charge in [-0.1, -0.05) is 18.2 Å². The van der Waals surface area contributed by atoms with Crippen LogP contribution in [-0.2, 0) is 0 Å². The van der Waals surface area contributed by atoms with E-state index in [1.54, 1.807) is 0 Å². The highest BCUT2D eigenvalue weighted by Gasteiger charge is 2.08. The standard InChI is InChI=1S/C15H22N4/c1-2-5-14-13(4-1)15(12-18-14)17-6-3-9-19-10-7-16-8-11-19/h1-2,4-5,12,16-18H,3,6-11H2. The van der Waals surface area contributed by atoms with Gasteiger partial charge in [-0.3, -0.25) is 0 Å². The fourth-order valence-electron chi connectivity index (χ4n) is 2.68. The molecule has 3 rings (SSSR count). The van der Waals surface area contributed by atoms with Gasteiger partial charge in [0.2, 0.25) is 0 Å². The van der Waals surface area contributed by atoms with Gasteiger partial charge in [0.05, 0.1) is 5.69 Å². The van der Waals surface area contributed by atoms with Gasteiger partial charge in [0.25, 0.3) is 0 Å². The minimum atomic E-state index is 1.03. The number of benzene rings is 1. The Kier molecular flexibility index (Phi) is 4.01. The zero-order valence-corrected chi connectivity index (χ0v) is 11.3. The number of rotatable bonds is 5. The molecular weight excluding hydrogens is 236 g/mol. The van der Waals surface area contributed by atoms with Crippen LogP contribution in [0.15, 0.2) is 30.5 Å². The average Bonchev–Trinajstić information content (AvgIpc) is 2.88. The fraction of sp³-hybridized carbons (Fsp3) is 0.467. The maximum Gasteiger partial charge on any atom is 0.0597 e. The van der Waals surface area contributed by atoms with Crippen molar-refractivity contribution in [1.29, 1.82) is 0 Å². The first-order valence-corrected chi connectivity index (χ1v) is 7.16. The molecule has 0 amide bonds. The van der Waals surface area contributed by atoms with Crippen molar-refractivity contribution in [3.05, 3.63) is 30.5 Å². The van der Waals surface area contributed by atoms with Crippen LogP contribution in [0, 0.1) is 0 Å². The lowest BCUT2D eigenvalue weighted by Crippen LogP contribution is -2.44. The van der Waals surface area contributed by atoms with Gasteiger partial charge in [-0.15, -0.1) is 0 Å². The zero-order valence-electron chi connectivity index (χ0n) is 11.3. The second-order valence-electron chi connectivity index (χ2n) is 5.12. The van der Waals surface area contributed by atoms with Crippen LogP contribution in [0.5, 0.6) is 0 Å². The van der Waals surface area contributed by atoms with E-state index in [1.165, 1.54) is 42.6 Å². The van der Waals surface area contributed by atoms with Crippen LogP contribution in [0.1, 0.15) is 6.42 Å². The number of H-pyrrole nitrogens is 1. The third kappa shape index (κ3) is 3.08. The first-order valence-electron chi connectivity index (χ1n) is 7.16. The normalized spacial score (nSPS) is 16.8. The second-order valence-corrected chi connectivity index (χ2v) is 5.12. The van der Waals surface area contributed by atoms with Gasteiger partial charge < -0.3 is 20.5 Å². The highest BCUT2D eigenvalue weighted by molar-refractivity contribution is 5.92. The lowest BCUT2D eigenvalue weighted by atomic mass is 10.2. The van der Waals surface area contributed by atoms with E-state index in [4.69, 9.17) is 0 Å². The SMILES string of the molecule is c1ccc2c(NCCCN3CCNCC3)c[nH]c2c1. The molecule has 3 N–H and O–H groups in total. The topological polar surface area (TPSA) is 43.1 Å². The molecule has 1 aliphatic rings. The van der Waals surface area contributed by atoms with E-state index in [0.717, 1.165) is 19.6 Å². The molecule has 19 heavy (non-hydrogen) atoms. The van der Waals surface area contributed by atoms with Crippen molar-refractivity contribution in [2.75, 3.05) is 44.6 Å². The Labute approximate surface area is 114 Å². The molecule has 2 heterocycles. The van der Waals surface area contributed by atoms with Crippen molar-refractivity contribution in [2.45, 2.75) is 6.42 Å². The molecule has 1 fully saturated rings. The summed E-state index contributed by atoms with van der Waals surface area (Å²) in [5, 5.41) is 8.20. The van der Waals surface area contributed by atoms with E-state index in [9.17, 15) is 0 Å². The van der Waals surface area contributed by atoms with E-state index in [2.05, 4.69) is 51.0 Å². The maximum atomic E-state index is 3.53. The molecule has 0 radical (unpaired) electrons. The molecular formula is C15H22N4. The number of para-hydroxylation sites is 1. The summed E-state index contributed by atoms with van der Waals surface area (Å²) < 4.78 is 0. The van der Waals surface area contributed by atoms with Crippen molar-refractivity contribution in [1.82, 2.24) is 15.2 Å². The minimum absolute atomic E-state index is 1.03. The van der Waals surface area contributed by atoms with E-state index in [-0.39, 0.29) is 0 Å². The van der Waals surface area contributed by atoms with Gasteiger partial charge in [0.15, 0.2) is 0 Å². The van der Waals surface area contributed by atoms with Gasteiger partial charge in [-0.25, -0.2) is 0 Å². The van der Waals surface area contributed by atoms with Gasteiger partial charge in [0, 0.05) is 49.8 Å². The molecule has 1 aliphatic heterocycles. The number of anilines is 1. The van der Waals surface area contributed by atoms with Crippen LogP contribution in [0.25, 0.3) is 10.9 Å². The summed E-state index contributed by atoms with van der Waals surface area (Å²) in [4.78, 5) is 5.83. The Hall–Kier alpha value is -1.52. The Bertz CT molecular complexity index is 514. The van der Waals surface area contributed by atoms with Crippen LogP contribution in [0.4, 0.5) is 5.69 Å². The summed E-state index contributed by atoms with van der Waals surface area (Å²) in [5.41, 5.74) is 2.42. The fourth-order valence-corrected chi connectivity index (χ4v) is 2.68. The number of nitrogens with one attached hydrogen (secondary N) is 3. The predicted octanol–water partition coefficient (Wildman–Crippen LogP) is 1.88. The molecule has 2 aromatic rings. The molecule has 4 heteroatoms. The Balaban J connectivity index is 1.47. The van der Waals surface area contributed by atoms with Crippen molar-refractivity contribution in [2.24, 2.45) is 0 Å². The summed E-state index contributed by atoms with van der Waals surface area (Å²) in [6.07, 6.45) is 3.26. The summed E-state index contributed by atoms with van der Waals surface area (Å²) in [6, 6.07) is 8.42. The van der Waals surface area contributed by atoms with E-state index >= 15 is 0 Å². The zero-order chi connectivity index (χ0) is 12.9. The molecule has 0 unspecified atom stereocenters. The number of nitrogens with zero attached hydrogens (tertiary/aromatic N) is 1. The number of piperazine rings is 1. The molecule has 4 nitrogen and oxygen atoms in total. The summed E-state index contributed by atoms with van der Waals surface area (Å²) >= 11 is 0. The van der Waals surface area contributed by atoms with E-state index < -0.39 is 0 Å². The predicted molar refractivity (Wildman–Crippen MR) is 80.7 cm³/mol. The number of hydrogen-bond acceptors (Lipinski definition) is 3. The molecule has 1 aromatic heterocycles. The lowest BCUT2D eigenvalue weighted by molar-refractivity contribution is 0.240. The molecule has 0 aliphatic carbocycles. The first-order chi connectivity index (χ1) is 9.43. The quantitative estimate of drug-likeness (QED) is 0.717. The Morgan fingerprint density at radius 1 is 1.16 bits per heavy atom. The molecule has 0 bridgehead atoms. The van der Waals surface area contributed by atoms with Crippen molar-refractivity contribution < 1.29 is 0 Å². The van der Waals surface area contributed by atoms with E-state index in [0.29, 0.717) is 0 Å². The number of hydrogen-bond donors (Lipinski definition) is 3. The Morgan fingerprint density at radius 2 is 2.00 bits per heavy atom. The van der Waals surface area contributed by atoms with Crippen molar-refractivity contribution in [3.63, 3.8) is 0 Å². The second kappa shape index (κ2) is 6.08. The number of aromatic amines is 1. The molecule has 102 valence electrons. The minimum Gasteiger partial charge on any atom is -0.383 e. The molecule has 1 saturated heterocycles. The van der Waals surface area contributed by atoms with Crippen LogP contribution < -0.4 is 10.6 Å². The largest absolute Gasteiger partial charge is 0.383 e. The van der Waals surface area contributed by atoms with Gasteiger partial charge >= 0.3 is 0 Å². The highest BCUT2D eigenvalue weighted by atomic mass is 15.2. The summed E-state index contributed by atoms with van der Waals surface area (Å²) in [7, 11) is 0. The summed E-state index contributed by atoms with van der Waals surface area (Å²) in [6.45, 7) is 6.87. The average molecular weight is 258 g/mol. The number of fused-ring (bicyclic) bond motifs is 1. The van der Waals surface area contributed by atoms with Crippen LogP contribution in [-0.4, -0.2) is 49.2 Å². The molecule has 0 saturated carbocycles.